The Morgan fingerprint density at radius 1 is 1.53 bits per heavy atom. The maximum Gasteiger partial charge on any atom is 0.327 e. The molecule has 1 fully saturated rings. The van der Waals surface area contributed by atoms with Crippen LogP contribution < -0.4 is 5.69 Å². The van der Waals surface area contributed by atoms with Crippen molar-refractivity contribution in [2.75, 3.05) is 7.11 Å². The number of fused-ring (bicyclic) bond motifs is 1. The van der Waals surface area contributed by atoms with Gasteiger partial charge in [0, 0.05) is 19.9 Å². The average molecular weight is 261 g/mol. The predicted octanol–water partition coefficient (Wildman–Crippen LogP) is 1.93. The molecule has 1 aliphatic carbocycles. The lowest BCUT2D eigenvalue weighted by Gasteiger charge is -2.28. The van der Waals surface area contributed by atoms with Crippen LogP contribution >= 0.6 is 0 Å². The number of H-pyrrole nitrogens is 1. The molecule has 0 bridgehead atoms. The van der Waals surface area contributed by atoms with Crippen molar-refractivity contribution < 1.29 is 4.74 Å². The number of rotatable bonds is 3. The van der Waals surface area contributed by atoms with E-state index in [-0.39, 0.29) is 5.69 Å². The molecule has 0 saturated heterocycles. The van der Waals surface area contributed by atoms with E-state index in [2.05, 4.69) is 9.97 Å². The van der Waals surface area contributed by atoms with Crippen molar-refractivity contribution in [1.82, 2.24) is 14.5 Å². The van der Waals surface area contributed by atoms with Gasteiger partial charge in [-0.15, -0.1) is 0 Å². The standard InChI is InChI=1S/C14H19N3O2/c1-19-11-5-2-4-10(8-11)9-17-12-6-3-7-15-13(12)16-14(17)18/h3,6-7,10-11H,2,4-5,8-9H2,1H3,(H,15,16,18)/t10-,11+/m0/s1. The number of pyridine rings is 1. The van der Waals surface area contributed by atoms with Crippen molar-refractivity contribution in [3.8, 4) is 0 Å². The minimum atomic E-state index is -0.0618. The summed E-state index contributed by atoms with van der Waals surface area (Å²) in [6.45, 7) is 0.754. The molecule has 0 aliphatic heterocycles. The van der Waals surface area contributed by atoms with E-state index in [0.717, 1.165) is 24.9 Å². The first-order valence-corrected chi connectivity index (χ1v) is 6.84. The summed E-state index contributed by atoms with van der Waals surface area (Å²) in [6, 6.07) is 3.81. The molecule has 0 radical (unpaired) electrons. The monoisotopic (exact) mass is 261 g/mol. The van der Waals surface area contributed by atoms with E-state index in [1.807, 2.05) is 16.7 Å². The number of aromatic nitrogens is 3. The van der Waals surface area contributed by atoms with Crippen molar-refractivity contribution >= 4 is 11.2 Å². The van der Waals surface area contributed by atoms with Gasteiger partial charge in [0.2, 0.25) is 0 Å². The van der Waals surface area contributed by atoms with Crippen LogP contribution in [0.1, 0.15) is 25.7 Å². The smallest absolute Gasteiger partial charge is 0.327 e. The van der Waals surface area contributed by atoms with Crippen molar-refractivity contribution in [3.05, 3.63) is 28.8 Å². The zero-order valence-corrected chi connectivity index (χ0v) is 11.1. The highest BCUT2D eigenvalue weighted by Crippen LogP contribution is 2.27. The van der Waals surface area contributed by atoms with Crippen molar-refractivity contribution in [1.29, 1.82) is 0 Å². The second kappa shape index (κ2) is 5.17. The summed E-state index contributed by atoms with van der Waals surface area (Å²) < 4.78 is 7.26. The van der Waals surface area contributed by atoms with Gasteiger partial charge < -0.3 is 4.74 Å². The zero-order chi connectivity index (χ0) is 13.2. The van der Waals surface area contributed by atoms with Crippen molar-refractivity contribution in [2.45, 2.75) is 38.3 Å². The van der Waals surface area contributed by atoms with E-state index in [1.165, 1.54) is 12.8 Å². The normalized spacial score (nSPS) is 23.8. The Morgan fingerprint density at radius 2 is 2.42 bits per heavy atom. The van der Waals surface area contributed by atoms with E-state index in [1.54, 1.807) is 13.3 Å². The molecule has 2 aromatic rings. The Bertz CT molecular complexity index is 616. The fourth-order valence-electron chi connectivity index (χ4n) is 3.05. The summed E-state index contributed by atoms with van der Waals surface area (Å²) in [5, 5.41) is 0. The largest absolute Gasteiger partial charge is 0.381 e. The number of nitrogens with one attached hydrogen (secondary N) is 1. The van der Waals surface area contributed by atoms with Gasteiger partial charge in [0.15, 0.2) is 5.65 Å². The van der Waals surface area contributed by atoms with Gasteiger partial charge in [-0.25, -0.2) is 9.78 Å². The highest BCUT2D eigenvalue weighted by Gasteiger charge is 2.23. The SMILES string of the molecule is CO[C@@H]1CCC[C@H](Cn2c(=O)[nH]c3ncccc32)C1. The van der Waals surface area contributed by atoms with Crippen LogP contribution in [0, 0.1) is 5.92 Å². The lowest BCUT2D eigenvalue weighted by molar-refractivity contribution is 0.0473. The van der Waals surface area contributed by atoms with Crippen LogP contribution in [0.5, 0.6) is 0 Å². The summed E-state index contributed by atoms with van der Waals surface area (Å²) in [6.07, 6.45) is 6.56. The summed E-state index contributed by atoms with van der Waals surface area (Å²) in [5.41, 5.74) is 1.51. The third kappa shape index (κ3) is 2.42. The van der Waals surface area contributed by atoms with E-state index in [9.17, 15) is 4.79 Å². The zero-order valence-electron chi connectivity index (χ0n) is 11.1. The molecule has 102 valence electrons. The minimum absolute atomic E-state index is 0.0618. The fraction of sp³-hybridized carbons (Fsp3) is 0.571. The van der Waals surface area contributed by atoms with Crippen LogP contribution in [0.25, 0.3) is 11.2 Å². The highest BCUT2D eigenvalue weighted by atomic mass is 16.5. The second-order valence-corrected chi connectivity index (χ2v) is 5.30. The van der Waals surface area contributed by atoms with E-state index in [0.29, 0.717) is 17.7 Å². The number of ether oxygens (including phenoxy) is 1. The fourth-order valence-corrected chi connectivity index (χ4v) is 3.05. The molecule has 2 heterocycles. The predicted molar refractivity (Wildman–Crippen MR) is 73.1 cm³/mol. The molecule has 2 atom stereocenters. The molecule has 0 unspecified atom stereocenters. The van der Waals surface area contributed by atoms with Crippen LogP contribution in [0.15, 0.2) is 23.1 Å². The molecule has 1 N–H and O–H groups in total. The number of aromatic amines is 1. The number of nitrogens with zero attached hydrogens (tertiary/aromatic N) is 2. The third-order valence-electron chi connectivity index (χ3n) is 4.06. The molecule has 2 aromatic heterocycles. The summed E-state index contributed by atoms with van der Waals surface area (Å²) in [4.78, 5) is 19.0. The molecule has 3 rings (SSSR count). The second-order valence-electron chi connectivity index (χ2n) is 5.30. The van der Waals surface area contributed by atoms with Crippen molar-refractivity contribution in [2.24, 2.45) is 5.92 Å². The van der Waals surface area contributed by atoms with E-state index >= 15 is 0 Å². The maximum atomic E-state index is 12.0. The first-order chi connectivity index (χ1) is 9.28. The minimum Gasteiger partial charge on any atom is -0.381 e. The third-order valence-corrected chi connectivity index (χ3v) is 4.06. The lowest BCUT2D eigenvalue weighted by Crippen LogP contribution is -2.28. The summed E-state index contributed by atoms with van der Waals surface area (Å²) in [7, 11) is 1.77. The first kappa shape index (κ1) is 12.4. The van der Waals surface area contributed by atoms with Gasteiger partial charge in [-0.1, -0.05) is 6.42 Å². The molecule has 0 amide bonds. The molecular weight excluding hydrogens is 242 g/mol. The van der Waals surface area contributed by atoms with Crippen LogP contribution in [-0.2, 0) is 11.3 Å². The Morgan fingerprint density at radius 3 is 3.26 bits per heavy atom. The molecule has 5 nitrogen and oxygen atoms in total. The summed E-state index contributed by atoms with van der Waals surface area (Å²) in [5.74, 6) is 0.510. The van der Waals surface area contributed by atoms with Gasteiger partial charge in [0.1, 0.15) is 0 Å². The molecule has 1 saturated carbocycles. The Kier molecular flexibility index (Phi) is 3.38. The van der Waals surface area contributed by atoms with Gasteiger partial charge in [-0.05, 0) is 37.3 Å². The Hall–Kier alpha value is -1.62. The molecule has 5 heteroatoms. The molecule has 0 spiro atoms. The van der Waals surface area contributed by atoms with Gasteiger partial charge in [0.25, 0.3) is 0 Å². The van der Waals surface area contributed by atoms with E-state index in [4.69, 9.17) is 4.74 Å². The van der Waals surface area contributed by atoms with E-state index < -0.39 is 0 Å². The number of hydrogen-bond acceptors (Lipinski definition) is 3. The van der Waals surface area contributed by atoms with Crippen LogP contribution in [0.4, 0.5) is 0 Å². The quantitative estimate of drug-likeness (QED) is 0.918. The van der Waals surface area contributed by atoms with Crippen LogP contribution in [-0.4, -0.2) is 27.7 Å². The maximum absolute atomic E-state index is 12.0. The lowest BCUT2D eigenvalue weighted by atomic mass is 9.87. The topological polar surface area (TPSA) is 59.9 Å². The molecule has 19 heavy (non-hydrogen) atoms. The van der Waals surface area contributed by atoms with Gasteiger partial charge in [0.05, 0.1) is 11.6 Å². The highest BCUT2D eigenvalue weighted by molar-refractivity contribution is 5.70. The number of hydrogen-bond donors (Lipinski definition) is 1. The Labute approximate surface area is 111 Å². The average Bonchev–Trinajstić information content (AvgIpc) is 2.76. The molecule has 1 aliphatic rings. The number of imidazole rings is 1. The number of methoxy groups -OCH3 is 1. The van der Waals surface area contributed by atoms with Gasteiger partial charge in [-0.3, -0.25) is 9.55 Å². The van der Waals surface area contributed by atoms with Gasteiger partial charge >= 0.3 is 5.69 Å². The molecular formula is C14H19N3O2. The van der Waals surface area contributed by atoms with Crippen molar-refractivity contribution in [3.63, 3.8) is 0 Å². The van der Waals surface area contributed by atoms with Crippen LogP contribution in [0.2, 0.25) is 0 Å². The Balaban J connectivity index is 1.85. The first-order valence-electron chi connectivity index (χ1n) is 6.84. The summed E-state index contributed by atoms with van der Waals surface area (Å²) >= 11 is 0. The van der Waals surface area contributed by atoms with Crippen LogP contribution in [0.3, 0.4) is 0 Å². The molecule has 0 aromatic carbocycles. The van der Waals surface area contributed by atoms with Gasteiger partial charge in [-0.2, -0.15) is 0 Å².